The second-order valence-electron chi connectivity index (χ2n) is 6.10. The highest BCUT2D eigenvalue weighted by Gasteiger charge is 2.15. The zero-order chi connectivity index (χ0) is 19.2. The molecular weight excluding hydrogens is 346 g/mol. The Bertz CT molecular complexity index is 877. The summed E-state index contributed by atoms with van der Waals surface area (Å²) in [5, 5.41) is 4.08. The minimum atomic E-state index is 0.488. The largest absolute Gasteiger partial charge is 0.497 e. The first-order valence-corrected chi connectivity index (χ1v) is 8.49. The van der Waals surface area contributed by atoms with Crippen molar-refractivity contribution in [3.8, 4) is 28.6 Å². The fourth-order valence-corrected chi connectivity index (χ4v) is 2.74. The molecule has 0 aliphatic carbocycles. The predicted octanol–water partition coefficient (Wildman–Crippen LogP) is 3.39. The van der Waals surface area contributed by atoms with E-state index in [1.54, 1.807) is 27.4 Å². The Morgan fingerprint density at radius 2 is 1.59 bits per heavy atom. The van der Waals surface area contributed by atoms with Crippen LogP contribution < -0.4 is 14.2 Å². The van der Waals surface area contributed by atoms with E-state index in [0.717, 1.165) is 17.9 Å². The normalized spacial score (nSPS) is 10.9. The summed E-state index contributed by atoms with van der Waals surface area (Å²) < 4.78 is 21.2. The lowest BCUT2D eigenvalue weighted by molar-refractivity contribution is 0.261. The molecule has 0 spiro atoms. The molecule has 1 heterocycles. The van der Waals surface area contributed by atoms with Crippen molar-refractivity contribution in [2.75, 3.05) is 28.4 Å². The molecule has 0 unspecified atom stereocenters. The smallest absolute Gasteiger partial charge is 0.241 e. The fourth-order valence-electron chi connectivity index (χ4n) is 2.74. The summed E-state index contributed by atoms with van der Waals surface area (Å²) in [6.45, 7) is 1.30. The minimum Gasteiger partial charge on any atom is -0.497 e. The van der Waals surface area contributed by atoms with Crippen LogP contribution in [0.4, 0.5) is 0 Å². The minimum absolute atomic E-state index is 0.488. The average molecular weight is 369 g/mol. The van der Waals surface area contributed by atoms with Crippen LogP contribution in [-0.4, -0.2) is 43.4 Å². The summed E-state index contributed by atoms with van der Waals surface area (Å²) in [5.74, 6) is 3.21. The molecule has 3 rings (SSSR count). The van der Waals surface area contributed by atoms with Crippen molar-refractivity contribution in [3.63, 3.8) is 0 Å². The first kappa shape index (κ1) is 18.7. The number of benzene rings is 2. The lowest BCUT2D eigenvalue weighted by Gasteiger charge is -2.14. The molecule has 0 aliphatic rings. The molecule has 142 valence electrons. The third-order valence-corrected chi connectivity index (χ3v) is 4.13. The molecule has 7 heteroatoms. The van der Waals surface area contributed by atoms with Crippen LogP contribution in [0.3, 0.4) is 0 Å². The molecule has 3 aromatic rings. The van der Waals surface area contributed by atoms with Gasteiger partial charge in [0.1, 0.15) is 17.2 Å². The standard InChI is InChI=1S/C20H23N3O4/c1-23(12-14-5-7-15(24-2)8-6-14)13-19-21-20(22-27-19)17-10-9-16(25-3)11-18(17)26-4/h5-11H,12-13H2,1-4H3. The van der Waals surface area contributed by atoms with Crippen molar-refractivity contribution in [3.05, 3.63) is 53.9 Å². The lowest BCUT2D eigenvalue weighted by Crippen LogP contribution is -2.17. The van der Waals surface area contributed by atoms with Crippen LogP contribution in [0.15, 0.2) is 47.0 Å². The summed E-state index contributed by atoms with van der Waals surface area (Å²) in [4.78, 5) is 6.59. The Hall–Kier alpha value is -3.06. The van der Waals surface area contributed by atoms with Crippen LogP contribution in [0.2, 0.25) is 0 Å². The topological polar surface area (TPSA) is 69.9 Å². The monoisotopic (exact) mass is 369 g/mol. The zero-order valence-corrected chi connectivity index (χ0v) is 15.9. The van der Waals surface area contributed by atoms with E-state index < -0.39 is 0 Å². The molecule has 27 heavy (non-hydrogen) atoms. The molecule has 0 saturated carbocycles. The molecule has 0 N–H and O–H groups in total. The SMILES string of the molecule is COc1ccc(CN(C)Cc2nc(-c3ccc(OC)cc3OC)no2)cc1. The van der Waals surface area contributed by atoms with Gasteiger partial charge in [-0.1, -0.05) is 17.3 Å². The van der Waals surface area contributed by atoms with E-state index in [2.05, 4.69) is 15.0 Å². The first-order chi connectivity index (χ1) is 13.1. The van der Waals surface area contributed by atoms with Crippen LogP contribution in [0.25, 0.3) is 11.4 Å². The molecule has 7 nitrogen and oxygen atoms in total. The second-order valence-corrected chi connectivity index (χ2v) is 6.10. The van der Waals surface area contributed by atoms with Gasteiger partial charge in [-0.2, -0.15) is 4.98 Å². The molecule has 0 bridgehead atoms. The average Bonchev–Trinajstić information content (AvgIpc) is 3.16. The van der Waals surface area contributed by atoms with Gasteiger partial charge in [0.25, 0.3) is 0 Å². The summed E-state index contributed by atoms with van der Waals surface area (Å²) in [5.41, 5.74) is 1.93. The van der Waals surface area contributed by atoms with Crippen LogP contribution in [-0.2, 0) is 13.1 Å². The molecular formula is C20H23N3O4. The Morgan fingerprint density at radius 1 is 0.889 bits per heavy atom. The van der Waals surface area contributed by atoms with Crippen molar-refractivity contribution in [2.45, 2.75) is 13.1 Å². The zero-order valence-electron chi connectivity index (χ0n) is 15.9. The predicted molar refractivity (Wildman–Crippen MR) is 101 cm³/mol. The summed E-state index contributed by atoms with van der Waals surface area (Å²) in [7, 11) is 6.87. The van der Waals surface area contributed by atoms with E-state index in [1.807, 2.05) is 43.4 Å². The van der Waals surface area contributed by atoms with Gasteiger partial charge in [0.2, 0.25) is 11.7 Å². The van der Waals surface area contributed by atoms with E-state index in [9.17, 15) is 0 Å². The van der Waals surface area contributed by atoms with Crippen LogP contribution in [0, 0.1) is 0 Å². The third kappa shape index (κ3) is 4.57. The number of hydrogen-bond donors (Lipinski definition) is 0. The highest BCUT2D eigenvalue weighted by molar-refractivity contribution is 5.65. The molecule has 2 aromatic carbocycles. The Balaban J connectivity index is 1.68. The maximum atomic E-state index is 5.41. The van der Waals surface area contributed by atoms with Gasteiger partial charge in [0.05, 0.1) is 33.4 Å². The first-order valence-electron chi connectivity index (χ1n) is 8.49. The van der Waals surface area contributed by atoms with Crippen molar-refractivity contribution >= 4 is 0 Å². The van der Waals surface area contributed by atoms with E-state index in [4.69, 9.17) is 18.7 Å². The maximum Gasteiger partial charge on any atom is 0.241 e. The number of hydrogen-bond acceptors (Lipinski definition) is 7. The Labute approximate surface area is 158 Å². The Morgan fingerprint density at radius 3 is 2.26 bits per heavy atom. The van der Waals surface area contributed by atoms with Gasteiger partial charge < -0.3 is 18.7 Å². The number of rotatable bonds is 8. The van der Waals surface area contributed by atoms with Gasteiger partial charge in [0, 0.05) is 12.6 Å². The molecule has 0 saturated heterocycles. The summed E-state index contributed by atoms with van der Waals surface area (Å²) in [6.07, 6.45) is 0. The Kier molecular flexibility index (Phi) is 5.93. The molecule has 0 amide bonds. The van der Waals surface area contributed by atoms with Crippen LogP contribution in [0.5, 0.6) is 17.2 Å². The molecule has 0 atom stereocenters. The second kappa shape index (κ2) is 8.55. The molecule has 0 radical (unpaired) electrons. The number of ether oxygens (including phenoxy) is 3. The van der Waals surface area contributed by atoms with Crippen molar-refractivity contribution in [1.82, 2.24) is 15.0 Å². The van der Waals surface area contributed by atoms with E-state index in [1.165, 1.54) is 5.56 Å². The van der Waals surface area contributed by atoms with Crippen LogP contribution >= 0.6 is 0 Å². The number of nitrogens with zero attached hydrogens (tertiary/aromatic N) is 3. The fraction of sp³-hybridized carbons (Fsp3) is 0.300. The third-order valence-electron chi connectivity index (χ3n) is 4.13. The number of aromatic nitrogens is 2. The quantitative estimate of drug-likeness (QED) is 0.603. The van der Waals surface area contributed by atoms with Gasteiger partial charge in [-0.15, -0.1) is 0 Å². The highest BCUT2D eigenvalue weighted by Crippen LogP contribution is 2.31. The van der Waals surface area contributed by atoms with Gasteiger partial charge in [-0.25, -0.2) is 0 Å². The number of methoxy groups -OCH3 is 3. The van der Waals surface area contributed by atoms with Gasteiger partial charge in [-0.05, 0) is 36.9 Å². The maximum absolute atomic E-state index is 5.41. The highest BCUT2D eigenvalue weighted by atomic mass is 16.5. The van der Waals surface area contributed by atoms with Gasteiger partial charge >= 0.3 is 0 Å². The van der Waals surface area contributed by atoms with Gasteiger partial charge in [-0.3, -0.25) is 4.90 Å². The molecule has 1 aromatic heterocycles. The molecule has 0 aliphatic heterocycles. The van der Waals surface area contributed by atoms with Crippen LogP contribution in [0.1, 0.15) is 11.5 Å². The molecule has 0 fully saturated rings. The summed E-state index contributed by atoms with van der Waals surface area (Å²) >= 11 is 0. The summed E-state index contributed by atoms with van der Waals surface area (Å²) in [6, 6.07) is 13.5. The van der Waals surface area contributed by atoms with Crippen molar-refractivity contribution < 1.29 is 18.7 Å². The van der Waals surface area contributed by atoms with E-state index in [0.29, 0.717) is 29.8 Å². The van der Waals surface area contributed by atoms with Crippen molar-refractivity contribution in [1.29, 1.82) is 0 Å². The lowest BCUT2D eigenvalue weighted by atomic mass is 10.2. The van der Waals surface area contributed by atoms with E-state index in [-0.39, 0.29) is 0 Å². The van der Waals surface area contributed by atoms with E-state index >= 15 is 0 Å². The van der Waals surface area contributed by atoms with Crippen molar-refractivity contribution in [2.24, 2.45) is 0 Å². The van der Waals surface area contributed by atoms with Gasteiger partial charge in [0.15, 0.2) is 0 Å².